The molecule has 0 heterocycles. The Hall–Kier alpha value is -1.97. The summed E-state index contributed by atoms with van der Waals surface area (Å²) in [5.41, 5.74) is 6.82. The van der Waals surface area contributed by atoms with Crippen LogP contribution >= 0.6 is 0 Å². The van der Waals surface area contributed by atoms with Crippen LogP contribution in [0.4, 0.5) is 0 Å². The minimum absolute atomic E-state index is 0.489. The molecule has 0 unspecified atom stereocenters. The number of rotatable bonds is 4. The van der Waals surface area contributed by atoms with E-state index in [1.54, 1.807) is 26.4 Å². The fourth-order valence-electron chi connectivity index (χ4n) is 1.40. The summed E-state index contributed by atoms with van der Waals surface area (Å²) in [7, 11) is 3.16. The molecular weight excluding hydrogens is 206 g/mol. The maximum absolute atomic E-state index is 10.7. The van der Waals surface area contributed by atoms with Crippen molar-refractivity contribution >= 4 is 12.0 Å². The summed E-state index contributed by atoms with van der Waals surface area (Å²) in [6.45, 7) is 1.91. The molecule has 4 heteroatoms. The second-order valence-corrected chi connectivity index (χ2v) is 3.30. The van der Waals surface area contributed by atoms with Crippen LogP contribution in [0, 0.1) is 6.92 Å². The van der Waals surface area contributed by atoms with E-state index in [4.69, 9.17) is 15.2 Å². The number of hydrogen-bond acceptors (Lipinski definition) is 3. The van der Waals surface area contributed by atoms with E-state index in [9.17, 15) is 4.79 Å². The summed E-state index contributed by atoms with van der Waals surface area (Å²) in [5.74, 6) is 0.872. The van der Waals surface area contributed by atoms with Crippen LogP contribution in [0.1, 0.15) is 11.1 Å². The number of ether oxygens (including phenoxy) is 2. The third-order valence-corrected chi connectivity index (χ3v) is 2.19. The van der Waals surface area contributed by atoms with Gasteiger partial charge in [0.25, 0.3) is 0 Å². The topological polar surface area (TPSA) is 61.5 Å². The van der Waals surface area contributed by atoms with Crippen molar-refractivity contribution in [3.8, 4) is 11.5 Å². The Kier molecular flexibility index (Phi) is 3.94. The predicted octanol–water partition coefficient (Wildman–Crippen LogP) is 1.51. The SMILES string of the molecule is COc1cc(C)c(/C=C/C(N)=O)c(OC)c1. The summed E-state index contributed by atoms with van der Waals surface area (Å²) >= 11 is 0. The number of nitrogens with two attached hydrogens (primary N) is 1. The lowest BCUT2D eigenvalue weighted by atomic mass is 10.1. The highest BCUT2D eigenvalue weighted by Crippen LogP contribution is 2.29. The second-order valence-electron chi connectivity index (χ2n) is 3.30. The first-order valence-electron chi connectivity index (χ1n) is 4.78. The van der Waals surface area contributed by atoms with Crippen LogP contribution in [0.5, 0.6) is 11.5 Å². The van der Waals surface area contributed by atoms with E-state index in [0.717, 1.165) is 11.1 Å². The summed E-state index contributed by atoms with van der Waals surface area (Å²) in [5, 5.41) is 0. The van der Waals surface area contributed by atoms with Gasteiger partial charge in [-0.15, -0.1) is 0 Å². The normalized spacial score (nSPS) is 10.4. The van der Waals surface area contributed by atoms with Crippen LogP contribution in [0.15, 0.2) is 18.2 Å². The second kappa shape index (κ2) is 5.21. The molecule has 0 saturated carbocycles. The Morgan fingerprint density at radius 2 is 2.00 bits per heavy atom. The molecule has 0 spiro atoms. The zero-order chi connectivity index (χ0) is 12.1. The molecule has 1 aromatic carbocycles. The van der Waals surface area contributed by atoms with Gasteiger partial charge < -0.3 is 15.2 Å². The van der Waals surface area contributed by atoms with Crippen molar-refractivity contribution in [2.45, 2.75) is 6.92 Å². The number of aryl methyl sites for hydroxylation is 1. The molecule has 0 aliphatic carbocycles. The number of methoxy groups -OCH3 is 2. The Labute approximate surface area is 94.7 Å². The average molecular weight is 221 g/mol. The lowest BCUT2D eigenvalue weighted by Gasteiger charge is -2.10. The summed E-state index contributed by atoms with van der Waals surface area (Å²) in [4.78, 5) is 10.7. The molecule has 0 saturated heterocycles. The highest BCUT2D eigenvalue weighted by molar-refractivity contribution is 5.91. The summed E-state index contributed by atoms with van der Waals surface area (Å²) < 4.78 is 10.3. The van der Waals surface area contributed by atoms with Crippen LogP contribution in [-0.4, -0.2) is 20.1 Å². The predicted molar refractivity (Wildman–Crippen MR) is 62.5 cm³/mol. The Morgan fingerprint density at radius 1 is 1.31 bits per heavy atom. The lowest BCUT2D eigenvalue weighted by molar-refractivity contribution is -0.113. The molecule has 2 N–H and O–H groups in total. The molecule has 4 nitrogen and oxygen atoms in total. The van der Waals surface area contributed by atoms with Crippen molar-refractivity contribution in [2.75, 3.05) is 14.2 Å². The molecule has 86 valence electrons. The molecule has 0 atom stereocenters. The summed E-state index contributed by atoms with van der Waals surface area (Å²) in [6.07, 6.45) is 2.94. The third kappa shape index (κ3) is 2.76. The Bertz CT molecular complexity index is 425. The Balaban J connectivity index is 3.21. The smallest absolute Gasteiger partial charge is 0.241 e. The van der Waals surface area contributed by atoms with Gasteiger partial charge in [0.05, 0.1) is 14.2 Å². The van der Waals surface area contributed by atoms with Crippen LogP contribution < -0.4 is 15.2 Å². The van der Waals surface area contributed by atoms with Crippen molar-refractivity contribution < 1.29 is 14.3 Å². The van der Waals surface area contributed by atoms with Gasteiger partial charge in [-0.1, -0.05) is 0 Å². The fraction of sp³-hybridized carbons (Fsp3) is 0.250. The highest BCUT2D eigenvalue weighted by atomic mass is 16.5. The van der Waals surface area contributed by atoms with E-state index in [1.807, 2.05) is 13.0 Å². The first kappa shape index (κ1) is 12.1. The number of carbonyl (C=O) groups excluding carboxylic acids is 1. The molecular formula is C12H15NO3. The van der Waals surface area contributed by atoms with Gasteiger partial charge in [0, 0.05) is 17.7 Å². The number of carbonyl (C=O) groups is 1. The Morgan fingerprint density at radius 3 is 2.50 bits per heavy atom. The minimum atomic E-state index is -0.489. The molecule has 1 rings (SSSR count). The highest BCUT2D eigenvalue weighted by Gasteiger charge is 2.06. The van der Waals surface area contributed by atoms with Crippen molar-refractivity contribution in [2.24, 2.45) is 5.73 Å². The van der Waals surface area contributed by atoms with Gasteiger partial charge in [-0.05, 0) is 24.6 Å². The number of amides is 1. The van der Waals surface area contributed by atoms with E-state index in [0.29, 0.717) is 11.5 Å². The molecule has 16 heavy (non-hydrogen) atoms. The first-order chi connectivity index (χ1) is 7.58. The molecule has 0 fully saturated rings. The van der Waals surface area contributed by atoms with Gasteiger partial charge in [-0.2, -0.15) is 0 Å². The van der Waals surface area contributed by atoms with E-state index in [2.05, 4.69) is 0 Å². The van der Waals surface area contributed by atoms with Gasteiger partial charge in [-0.3, -0.25) is 4.79 Å². The molecule has 0 aliphatic rings. The molecule has 1 amide bonds. The number of benzene rings is 1. The van der Waals surface area contributed by atoms with Crippen LogP contribution in [-0.2, 0) is 4.79 Å². The molecule has 0 aromatic heterocycles. The summed E-state index contributed by atoms with van der Waals surface area (Å²) in [6, 6.07) is 3.62. The minimum Gasteiger partial charge on any atom is -0.497 e. The van der Waals surface area contributed by atoms with Crippen molar-refractivity contribution in [3.63, 3.8) is 0 Å². The standard InChI is InChI=1S/C12H15NO3/c1-8-6-9(15-2)7-11(16-3)10(8)4-5-12(13)14/h4-7H,1-3H3,(H2,13,14)/b5-4+. The number of primary amides is 1. The molecule has 0 radical (unpaired) electrons. The van der Waals surface area contributed by atoms with E-state index in [1.165, 1.54) is 6.08 Å². The lowest BCUT2D eigenvalue weighted by Crippen LogP contribution is -2.05. The van der Waals surface area contributed by atoms with Crippen molar-refractivity contribution in [3.05, 3.63) is 29.3 Å². The monoisotopic (exact) mass is 221 g/mol. The zero-order valence-corrected chi connectivity index (χ0v) is 9.61. The van der Waals surface area contributed by atoms with E-state index < -0.39 is 5.91 Å². The zero-order valence-electron chi connectivity index (χ0n) is 9.61. The van der Waals surface area contributed by atoms with Crippen LogP contribution in [0.2, 0.25) is 0 Å². The van der Waals surface area contributed by atoms with Gasteiger partial charge in [-0.25, -0.2) is 0 Å². The van der Waals surface area contributed by atoms with Crippen molar-refractivity contribution in [1.29, 1.82) is 0 Å². The van der Waals surface area contributed by atoms with Crippen LogP contribution in [0.3, 0.4) is 0 Å². The molecule has 0 aliphatic heterocycles. The van der Waals surface area contributed by atoms with Gasteiger partial charge in [0.2, 0.25) is 5.91 Å². The number of hydrogen-bond donors (Lipinski definition) is 1. The maximum atomic E-state index is 10.7. The van der Waals surface area contributed by atoms with E-state index in [-0.39, 0.29) is 0 Å². The molecule has 1 aromatic rings. The average Bonchev–Trinajstić information content (AvgIpc) is 2.26. The van der Waals surface area contributed by atoms with Crippen LogP contribution in [0.25, 0.3) is 6.08 Å². The first-order valence-corrected chi connectivity index (χ1v) is 4.78. The van der Waals surface area contributed by atoms with E-state index >= 15 is 0 Å². The maximum Gasteiger partial charge on any atom is 0.241 e. The van der Waals surface area contributed by atoms with Crippen molar-refractivity contribution in [1.82, 2.24) is 0 Å². The van der Waals surface area contributed by atoms with Gasteiger partial charge in [0.1, 0.15) is 11.5 Å². The van der Waals surface area contributed by atoms with Gasteiger partial charge in [0.15, 0.2) is 0 Å². The quantitative estimate of drug-likeness (QED) is 0.784. The largest absolute Gasteiger partial charge is 0.497 e. The fourth-order valence-corrected chi connectivity index (χ4v) is 1.40. The third-order valence-electron chi connectivity index (χ3n) is 2.19. The molecule has 0 bridgehead atoms. The van der Waals surface area contributed by atoms with Gasteiger partial charge >= 0.3 is 0 Å².